The quantitative estimate of drug-likeness (QED) is 0.0484. The van der Waals surface area contributed by atoms with E-state index in [0.29, 0.717) is 60.6 Å². The van der Waals surface area contributed by atoms with Crippen LogP contribution in [0.15, 0.2) is 158 Å². The van der Waals surface area contributed by atoms with Gasteiger partial charge in [-0.3, -0.25) is 9.59 Å². The first-order chi connectivity index (χ1) is 26.5. The Morgan fingerprint density at radius 3 is 0.889 bits per heavy atom. The largest absolute Gasteiger partial charge is 0.489 e. The van der Waals surface area contributed by atoms with Crippen LogP contribution in [-0.2, 0) is 58.7 Å². The van der Waals surface area contributed by atoms with E-state index >= 15 is 0 Å². The van der Waals surface area contributed by atoms with Gasteiger partial charge in [0.05, 0.1) is 0 Å². The molecule has 8 nitrogen and oxygen atoms in total. The van der Waals surface area contributed by atoms with Gasteiger partial charge in [0.2, 0.25) is 4.83 Å². The lowest BCUT2D eigenvalue weighted by Gasteiger charge is -2.15. The summed E-state index contributed by atoms with van der Waals surface area (Å²) in [6.45, 7) is 1.14. The summed E-state index contributed by atoms with van der Waals surface area (Å²) in [5.41, 5.74) is 5.27. The van der Waals surface area contributed by atoms with Gasteiger partial charge in [-0.05, 0) is 57.6 Å². The van der Waals surface area contributed by atoms with E-state index in [4.69, 9.17) is 28.4 Å². The van der Waals surface area contributed by atoms with Crippen LogP contribution in [-0.4, -0.2) is 16.8 Å². The lowest BCUT2D eigenvalue weighted by molar-refractivity contribution is -0.154. The van der Waals surface area contributed by atoms with E-state index < -0.39 is 16.8 Å². The van der Waals surface area contributed by atoms with Crippen molar-refractivity contribution in [1.29, 1.82) is 0 Å². The molecule has 6 aromatic carbocycles. The fraction of sp³-hybridized carbons (Fsp3) is 0.156. The summed E-state index contributed by atoms with van der Waals surface area (Å²) >= 11 is 3.17. The molecule has 0 aromatic heterocycles. The highest BCUT2D eigenvalue weighted by atomic mass is 79.9. The second-order valence-electron chi connectivity index (χ2n) is 12.3. The normalized spacial score (nSPS) is 10.7. The number of benzene rings is 6. The fourth-order valence-electron chi connectivity index (χ4n) is 5.28. The van der Waals surface area contributed by atoms with Gasteiger partial charge in [-0.15, -0.1) is 0 Å². The van der Waals surface area contributed by atoms with E-state index in [1.165, 1.54) is 0 Å². The Labute approximate surface area is 323 Å². The van der Waals surface area contributed by atoms with Crippen molar-refractivity contribution in [2.24, 2.45) is 0 Å². The number of ether oxygens (including phenoxy) is 6. The topological polar surface area (TPSA) is 89.5 Å². The third-order valence-electron chi connectivity index (χ3n) is 8.05. The Bertz CT molecular complexity index is 1800. The fourth-order valence-corrected chi connectivity index (χ4v) is 5.54. The minimum atomic E-state index is -1.35. The van der Waals surface area contributed by atoms with Gasteiger partial charge >= 0.3 is 11.9 Å². The molecule has 0 saturated carbocycles. The van der Waals surface area contributed by atoms with Crippen molar-refractivity contribution >= 4 is 27.9 Å². The van der Waals surface area contributed by atoms with Gasteiger partial charge in [0.15, 0.2) is 0 Å². The van der Waals surface area contributed by atoms with Crippen LogP contribution in [0.2, 0.25) is 0 Å². The first-order valence-electron chi connectivity index (χ1n) is 17.4. The molecule has 6 aromatic rings. The van der Waals surface area contributed by atoms with Crippen LogP contribution in [0.3, 0.4) is 0 Å². The second kappa shape index (κ2) is 19.7. The Morgan fingerprint density at radius 1 is 0.370 bits per heavy atom. The van der Waals surface area contributed by atoms with Crippen LogP contribution in [0.25, 0.3) is 0 Å². The monoisotopic (exact) mass is 786 g/mol. The smallest absolute Gasteiger partial charge is 0.331 e. The molecule has 0 fully saturated rings. The van der Waals surface area contributed by atoms with Crippen molar-refractivity contribution in [2.75, 3.05) is 0 Å². The van der Waals surface area contributed by atoms with E-state index in [-0.39, 0.29) is 13.2 Å². The standard InChI is InChI=1S/C45H39BrO8/c46-43(44(47)53-31-37-21-39(49-27-33-13-5-1-6-14-33)25-40(22-37)50-28-34-15-7-2-8-16-34)45(48)54-32-38-23-41(51-29-35-17-9-3-10-18-35)26-42(24-38)52-30-36-19-11-4-12-20-36/h1-26,43H,27-32H2. The van der Waals surface area contributed by atoms with E-state index in [2.05, 4.69) is 15.9 Å². The third-order valence-corrected chi connectivity index (χ3v) is 8.80. The number of alkyl halides is 1. The van der Waals surface area contributed by atoms with Crippen LogP contribution >= 0.6 is 15.9 Å². The average molecular weight is 788 g/mol. The van der Waals surface area contributed by atoms with E-state index in [1.807, 2.05) is 121 Å². The Morgan fingerprint density at radius 2 is 0.630 bits per heavy atom. The van der Waals surface area contributed by atoms with Crippen LogP contribution in [0, 0.1) is 0 Å². The zero-order valence-corrected chi connectivity index (χ0v) is 31.1. The summed E-state index contributed by atoms with van der Waals surface area (Å²) in [6.07, 6.45) is 0. The van der Waals surface area contributed by atoms with Gasteiger partial charge in [-0.25, -0.2) is 0 Å². The molecular weight excluding hydrogens is 748 g/mol. The molecule has 0 aliphatic rings. The lowest BCUT2D eigenvalue weighted by Crippen LogP contribution is -2.28. The first-order valence-corrected chi connectivity index (χ1v) is 18.3. The summed E-state index contributed by atoms with van der Waals surface area (Å²) in [5, 5.41) is 0. The van der Waals surface area contributed by atoms with Crippen LogP contribution in [0.5, 0.6) is 23.0 Å². The van der Waals surface area contributed by atoms with Crippen molar-refractivity contribution in [3.05, 3.63) is 191 Å². The molecule has 0 saturated heterocycles. The summed E-state index contributed by atoms with van der Waals surface area (Å²) in [5.74, 6) is 0.600. The van der Waals surface area contributed by atoms with Gasteiger partial charge in [-0.1, -0.05) is 137 Å². The summed E-state index contributed by atoms with van der Waals surface area (Å²) in [4.78, 5) is 24.7. The van der Waals surface area contributed by atoms with E-state index in [9.17, 15) is 9.59 Å². The van der Waals surface area contributed by atoms with Gasteiger partial charge in [0.25, 0.3) is 0 Å². The second-order valence-corrected chi connectivity index (χ2v) is 13.2. The van der Waals surface area contributed by atoms with Crippen molar-refractivity contribution in [1.82, 2.24) is 0 Å². The minimum Gasteiger partial charge on any atom is -0.489 e. The van der Waals surface area contributed by atoms with E-state index in [1.54, 1.807) is 36.4 Å². The highest BCUT2D eigenvalue weighted by molar-refractivity contribution is 9.10. The number of hydrogen-bond donors (Lipinski definition) is 0. The van der Waals surface area contributed by atoms with Gasteiger partial charge < -0.3 is 28.4 Å². The molecule has 54 heavy (non-hydrogen) atoms. The predicted molar refractivity (Wildman–Crippen MR) is 208 cm³/mol. The molecule has 0 amide bonds. The maximum atomic E-state index is 13.0. The van der Waals surface area contributed by atoms with Crippen molar-refractivity contribution in [3.8, 4) is 23.0 Å². The highest BCUT2D eigenvalue weighted by Crippen LogP contribution is 2.27. The lowest BCUT2D eigenvalue weighted by atomic mass is 10.2. The molecule has 0 spiro atoms. The molecular formula is C45H39BrO8. The number of carbonyl (C=O) groups is 2. The summed E-state index contributed by atoms with van der Waals surface area (Å²) in [6, 6.07) is 49.8. The number of halogens is 1. The number of carbonyl (C=O) groups excluding carboxylic acids is 2. The maximum Gasteiger partial charge on any atom is 0.331 e. The molecule has 0 N–H and O–H groups in total. The zero-order chi connectivity index (χ0) is 37.4. The Kier molecular flexibility index (Phi) is 13.7. The zero-order valence-electron chi connectivity index (χ0n) is 29.5. The Hall–Kier alpha value is -6.06. The van der Waals surface area contributed by atoms with Crippen LogP contribution in [0.4, 0.5) is 0 Å². The molecule has 0 unspecified atom stereocenters. The van der Waals surface area contributed by atoms with Crippen molar-refractivity contribution < 1.29 is 38.0 Å². The first kappa shape index (κ1) is 37.7. The number of hydrogen-bond acceptors (Lipinski definition) is 8. The molecule has 0 radical (unpaired) electrons. The molecule has 0 aliphatic heterocycles. The molecule has 274 valence electrons. The average Bonchev–Trinajstić information content (AvgIpc) is 3.23. The van der Waals surface area contributed by atoms with Crippen molar-refractivity contribution in [3.63, 3.8) is 0 Å². The van der Waals surface area contributed by atoms with Crippen LogP contribution < -0.4 is 18.9 Å². The Balaban J connectivity index is 1.07. The van der Waals surface area contributed by atoms with Gasteiger partial charge in [0.1, 0.15) is 62.6 Å². The molecule has 0 atom stereocenters. The number of esters is 2. The van der Waals surface area contributed by atoms with Gasteiger partial charge in [-0.2, -0.15) is 0 Å². The molecule has 6 rings (SSSR count). The highest BCUT2D eigenvalue weighted by Gasteiger charge is 2.27. The van der Waals surface area contributed by atoms with Crippen molar-refractivity contribution in [2.45, 2.75) is 44.5 Å². The molecule has 9 heteroatoms. The SMILES string of the molecule is O=C(OCc1cc(OCc2ccccc2)cc(OCc2ccccc2)c1)C(Br)C(=O)OCc1cc(OCc2ccccc2)cc(OCc2ccccc2)c1. The van der Waals surface area contributed by atoms with Crippen LogP contribution in [0.1, 0.15) is 33.4 Å². The molecule has 0 heterocycles. The summed E-state index contributed by atoms with van der Waals surface area (Å²) < 4.78 is 35.3. The van der Waals surface area contributed by atoms with E-state index in [0.717, 1.165) is 22.3 Å². The maximum absolute atomic E-state index is 13.0. The molecule has 0 bridgehead atoms. The molecule has 0 aliphatic carbocycles. The van der Waals surface area contributed by atoms with Gasteiger partial charge in [0, 0.05) is 12.1 Å². The minimum absolute atomic E-state index is 0.124. The third kappa shape index (κ3) is 12.0. The predicted octanol–water partition coefficient (Wildman–Crippen LogP) is 9.55. The number of rotatable bonds is 18. The summed E-state index contributed by atoms with van der Waals surface area (Å²) in [7, 11) is 0.